The minimum Gasteiger partial charge on any atom is -0.495 e. The van der Waals surface area contributed by atoms with Crippen LogP contribution in [0.3, 0.4) is 0 Å². The largest absolute Gasteiger partial charge is 0.495 e. The zero-order valence-corrected chi connectivity index (χ0v) is 23.2. The number of halogens is 4. The number of hydrogen-bond acceptors (Lipinski definition) is 7. The van der Waals surface area contributed by atoms with Crippen molar-refractivity contribution < 1.29 is 32.2 Å². The number of amides is 1. The zero-order valence-electron chi connectivity index (χ0n) is 20.6. The van der Waals surface area contributed by atoms with Crippen molar-refractivity contribution in [1.82, 2.24) is 15.3 Å². The van der Waals surface area contributed by atoms with Gasteiger partial charge in [0.05, 0.1) is 24.0 Å². The number of anilines is 4. The Morgan fingerprint density at radius 1 is 1.18 bits per heavy atom. The van der Waals surface area contributed by atoms with Gasteiger partial charge in [0.25, 0.3) is 5.91 Å². The van der Waals surface area contributed by atoms with Crippen LogP contribution >= 0.6 is 24.0 Å². The molecule has 0 aliphatic heterocycles. The number of hydrogen-bond donors (Lipinski definition) is 4. The van der Waals surface area contributed by atoms with Crippen molar-refractivity contribution in [2.24, 2.45) is 0 Å². The molecule has 2 aromatic carbocycles. The summed E-state index contributed by atoms with van der Waals surface area (Å²) >= 11 is 3.26. The predicted octanol–water partition coefficient (Wildman–Crippen LogP) is 5.90. The molecule has 9 nitrogen and oxygen atoms in total. The normalized spacial score (nSPS) is 12.9. The first kappa shape index (κ1) is 29.4. The molecular weight excluding hydrogens is 590 g/mol. The van der Waals surface area contributed by atoms with Crippen LogP contribution < -0.4 is 20.7 Å². The Labute approximate surface area is 226 Å². The molecule has 38 heavy (non-hydrogen) atoms. The van der Waals surface area contributed by atoms with Crippen LogP contribution in [0.2, 0.25) is 0 Å². The number of carbonyl (C=O) groups excluding carboxylic acids is 1. The summed E-state index contributed by atoms with van der Waals surface area (Å²) in [6.07, 6.45) is -3.23. The fourth-order valence-corrected chi connectivity index (χ4v) is 4.72. The highest BCUT2D eigenvalue weighted by atomic mass is 79.9. The summed E-state index contributed by atoms with van der Waals surface area (Å²) in [6, 6.07) is 9.53. The fourth-order valence-electron chi connectivity index (χ4n) is 3.60. The lowest BCUT2D eigenvalue weighted by molar-refractivity contribution is -0.137. The number of carbonyl (C=O) groups is 1. The van der Waals surface area contributed by atoms with Crippen molar-refractivity contribution in [2.45, 2.75) is 31.6 Å². The van der Waals surface area contributed by atoms with Gasteiger partial charge in [-0.1, -0.05) is 28.9 Å². The molecule has 0 bridgehead atoms. The van der Waals surface area contributed by atoms with E-state index in [1.54, 1.807) is 24.3 Å². The number of benzene rings is 2. The summed E-state index contributed by atoms with van der Waals surface area (Å²) in [4.78, 5) is 29.7. The lowest BCUT2D eigenvalue weighted by Gasteiger charge is -2.18. The second kappa shape index (κ2) is 12.6. The Morgan fingerprint density at radius 2 is 1.89 bits per heavy atom. The van der Waals surface area contributed by atoms with Crippen LogP contribution in [0.15, 0.2) is 47.1 Å². The van der Waals surface area contributed by atoms with Crippen molar-refractivity contribution in [2.75, 3.05) is 24.8 Å². The zero-order chi connectivity index (χ0) is 28.0. The molecule has 1 heterocycles. The van der Waals surface area contributed by atoms with Crippen LogP contribution in [0.1, 0.15) is 34.8 Å². The third kappa shape index (κ3) is 7.24. The van der Waals surface area contributed by atoms with Crippen molar-refractivity contribution >= 4 is 53.0 Å². The summed E-state index contributed by atoms with van der Waals surface area (Å²) in [6.45, 7) is 1.83. The summed E-state index contributed by atoms with van der Waals surface area (Å²) in [5.74, 6) is -0.868. The number of nitrogens with zero attached hydrogens (tertiary/aromatic N) is 2. The smallest absolute Gasteiger partial charge is 0.421 e. The minimum atomic E-state index is -4.77. The fraction of sp³-hybridized carbons (Fsp3) is 0.292. The molecule has 2 unspecified atom stereocenters. The molecule has 0 aliphatic carbocycles. The van der Waals surface area contributed by atoms with Gasteiger partial charge < -0.3 is 25.6 Å². The molecule has 1 aromatic heterocycles. The van der Waals surface area contributed by atoms with E-state index < -0.39 is 31.5 Å². The van der Waals surface area contributed by atoms with Crippen LogP contribution in [-0.2, 0) is 17.2 Å². The highest BCUT2D eigenvalue weighted by Gasteiger charge is 2.35. The van der Waals surface area contributed by atoms with Gasteiger partial charge in [0, 0.05) is 23.4 Å². The number of ether oxygens (including phenoxy) is 1. The van der Waals surface area contributed by atoms with Gasteiger partial charge in [0.1, 0.15) is 17.1 Å². The molecule has 0 radical (unpaired) electrons. The monoisotopic (exact) mass is 615 g/mol. The second-order valence-electron chi connectivity index (χ2n) is 8.15. The van der Waals surface area contributed by atoms with Gasteiger partial charge in [0.2, 0.25) is 5.95 Å². The first-order valence-corrected chi connectivity index (χ1v) is 13.6. The topological polar surface area (TPSA) is 125 Å². The lowest BCUT2D eigenvalue weighted by atomic mass is 10.1. The van der Waals surface area contributed by atoms with Gasteiger partial charge in [-0.3, -0.25) is 9.36 Å². The maximum absolute atomic E-state index is 13.8. The molecule has 0 saturated heterocycles. The molecule has 2 atom stereocenters. The van der Waals surface area contributed by atoms with Crippen LogP contribution in [-0.4, -0.2) is 40.6 Å². The van der Waals surface area contributed by atoms with Crippen LogP contribution in [0.25, 0.3) is 0 Å². The Bertz CT molecular complexity index is 1340. The second-order valence-corrected chi connectivity index (χ2v) is 10.6. The van der Waals surface area contributed by atoms with Gasteiger partial charge in [-0.05, 0) is 48.7 Å². The molecule has 4 N–H and O–H groups in total. The van der Waals surface area contributed by atoms with Gasteiger partial charge >= 0.3 is 6.18 Å². The molecular formula is C24H26BrF3N5O4P. The van der Waals surface area contributed by atoms with E-state index >= 15 is 0 Å². The van der Waals surface area contributed by atoms with Crippen LogP contribution in [0.5, 0.6) is 5.75 Å². The van der Waals surface area contributed by atoms with E-state index in [4.69, 9.17) is 4.74 Å². The van der Waals surface area contributed by atoms with Crippen LogP contribution in [0.4, 0.5) is 36.3 Å². The van der Waals surface area contributed by atoms with E-state index in [0.29, 0.717) is 34.9 Å². The van der Waals surface area contributed by atoms with E-state index in [2.05, 4.69) is 41.8 Å². The number of nitrogens with one attached hydrogen (secondary N) is 3. The first-order chi connectivity index (χ1) is 18.0. The predicted molar refractivity (Wildman–Crippen MR) is 143 cm³/mol. The summed E-state index contributed by atoms with van der Waals surface area (Å²) in [7, 11) is 0.120. The van der Waals surface area contributed by atoms with E-state index in [0.717, 1.165) is 5.56 Å². The summed E-state index contributed by atoms with van der Waals surface area (Å²) in [5.41, 5.74) is -0.148. The average molecular weight is 616 g/mol. The Morgan fingerprint density at radius 3 is 2.50 bits per heavy atom. The molecule has 204 valence electrons. The number of methoxy groups -OCH3 is 1. The van der Waals surface area contributed by atoms with Crippen molar-refractivity contribution in [3.63, 3.8) is 0 Å². The highest BCUT2D eigenvalue weighted by Crippen LogP contribution is 2.37. The third-order valence-corrected chi connectivity index (χ3v) is 7.44. The molecule has 0 aliphatic rings. The molecule has 0 saturated carbocycles. The molecule has 0 fully saturated rings. The standard InChI is InChI=1S/C24H26BrF3N5O4P/c1-4-15(38(35)36)9-13-5-7-19(20(10-13)37-3)32-23-30-12-17(24(26,27)28)21(33-23)31-18-8-6-14(25)11-16(18)22(34)29-2/h5-8,10-12,15,38H,4,9H2,1-3H3,(H,29,34)(H,35,36)(H2,30,31,32,33). The number of aromatic nitrogens is 2. The number of alkyl halides is 3. The van der Waals surface area contributed by atoms with E-state index in [9.17, 15) is 27.4 Å². The van der Waals surface area contributed by atoms with Gasteiger partial charge in [-0.25, -0.2) is 4.98 Å². The first-order valence-electron chi connectivity index (χ1n) is 11.4. The van der Waals surface area contributed by atoms with Crippen molar-refractivity contribution in [1.29, 1.82) is 0 Å². The Hall–Kier alpha value is -3.15. The Balaban J connectivity index is 1.97. The maximum atomic E-state index is 13.8. The maximum Gasteiger partial charge on any atom is 0.421 e. The van der Waals surface area contributed by atoms with E-state index in [1.807, 2.05) is 6.92 Å². The van der Waals surface area contributed by atoms with Gasteiger partial charge in [-0.15, -0.1) is 0 Å². The average Bonchev–Trinajstić information content (AvgIpc) is 2.87. The summed E-state index contributed by atoms with van der Waals surface area (Å²) in [5, 5.41) is 7.93. The summed E-state index contributed by atoms with van der Waals surface area (Å²) < 4.78 is 58.8. The minimum absolute atomic E-state index is 0.108. The lowest BCUT2D eigenvalue weighted by Crippen LogP contribution is -2.20. The highest BCUT2D eigenvalue weighted by molar-refractivity contribution is 9.10. The third-order valence-electron chi connectivity index (χ3n) is 5.64. The molecule has 14 heteroatoms. The SMILES string of the molecule is CCC(Cc1ccc(Nc2ncc(C(F)(F)F)c(Nc3ccc(Br)cc3C(=O)NC)n2)c(OC)c1)[PH](=O)O. The quantitative estimate of drug-likeness (QED) is 0.208. The molecule has 3 aromatic rings. The van der Waals surface area contributed by atoms with E-state index in [1.165, 1.54) is 26.3 Å². The van der Waals surface area contributed by atoms with E-state index in [-0.39, 0.29) is 22.9 Å². The molecule has 1 amide bonds. The van der Waals surface area contributed by atoms with Crippen molar-refractivity contribution in [3.05, 3.63) is 63.8 Å². The molecule has 0 spiro atoms. The van der Waals surface area contributed by atoms with Gasteiger partial charge in [0.15, 0.2) is 8.03 Å². The number of rotatable bonds is 10. The molecule has 3 rings (SSSR count). The van der Waals surface area contributed by atoms with Crippen LogP contribution in [0, 0.1) is 0 Å². The van der Waals surface area contributed by atoms with Gasteiger partial charge in [-0.2, -0.15) is 18.2 Å². The van der Waals surface area contributed by atoms with Crippen molar-refractivity contribution in [3.8, 4) is 5.75 Å². The Kier molecular flexibility index (Phi) is 9.75.